The van der Waals surface area contributed by atoms with Crippen molar-refractivity contribution in [3.05, 3.63) is 58.4 Å². The van der Waals surface area contributed by atoms with Gasteiger partial charge in [-0.15, -0.1) is 0 Å². The predicted molar refractivity (Wildman–Crippen MR) is 75.3 cm³/mol. The second-order valence-corrected chi connectivity index (χ2v) is 5.32. The normalized spacial score (nSPS) is 12.1. The Morgan fingerprint density at radius 3 is 1.38 bits per heavy atom. The average Bonchev–Trinajstić information content (AvgIpc) is 2.60. The Hall–Kier alpha value is -3.06. The molecule has 0 radical (unpaired) electrons. The van der Waals surface area contributed by atoms with Crippen LogP contribution in [0.15, 0.2) is 18.2 Å². The van der Waals surface area contributed by atoms with Gasteiger partial charge in [-0.25, -0.2) is 26.7 Å². The Morgan fingerprint density at radius 1 is 0.621 bits per heavy atom. The van der Waals surface area contributed by atoms with Gasteiger partial charge in [-0.1, -0.05) is 0 Å². The molecule has 2 N–H and O–H groups in total. The largest absolute Gasteiger partial charge is 0.416 e. The highest BCUT2D eigenvalue weighted by Gasteiger charge is 2.37. The van der Waals surface area contributed by atoms with Crippen molar-refractivity contribution >= 4 is 17.4 Å². The first kappa shape index (κ1) is 22.2. The summed E-state index contributed by atoms with van der Waals surface area (Å²) in [5, 5.41) is 2.54. The number of carbonyl (C=O) groups is 1. The SMILES string of the molecule is O=C(Nc1cc(C(F)(F)F)cc(C(F)(F)F)c1)Nc1c(F)c(F)c(F)c(F)c1F. The molecule has 0 fully saturated rings. The third-order valence-corrected chi connectivity index (χ3v) is 3.29. The van der Waals surface area contributed by atoms with E-state index in [4.69, 9.17) is 0 Å². The molecule has 0 bridgehead atoms. The minimum atomic E-state index is -5.25. The van der Waals surface area contributed by atoms with Crippen LogP contribution >= 0.6 is 0 Å². The van der Waals surface area contributed by atoms with Crippen molar-refractivity contribution in [2.75, 3.05) is 10.6 Å². The van der Waals surface area contributed by atoms with Gasteiger partial charge >= 0.3 is 18.4 Å². The van der Waals surface area contributed by atoms with E-state index in [2.05, 4.69) is 0 Å². The molecule has 29 heavy (non-hydrogen) atoms. The minimum absolute atomic E-state index is 0.0629. The lowest BCUT2D eigenvalue weighted by atomic mass is 10.1. The quantitative estimate of drug-likeness (QED) is 0.334. The molecule has 0 aromatic heterocycles. The molecule has 0 heterocycles. The maximum absolute atomic E-state index is 13.5. The van der Waals surface area contributed by atoms with Gasteiger partial charge in [-0.2, -0.15) is 26.3 Å². The fourth-order valence-electron chi connectivity index (χ4n) is 2.02. The van der Waals surface area contributed by atoms with Gasteiger partial charge < -0.3 is 10.6 Å². The van der Waals surface area contributed by atoms with Crippen LogP contribution in [0.3, 0.4) is 0 Å². The van der Waals surface area contributed by atoms with E-state index in [1.165, 1.54) is 5.32 Å². The molecular formula is C15H5F11N2O. The van der Waals surface area contributed by atoms with Gasteiger partial charge in [0.15, 0.2) is 23.3 Å². The summed E-state index contributed by atoms with van der Waals surface area (Å²) in [5.74, 6) is -12.4. The molecule has 2 aromatic rings. The van der Waals surface area contributed by atoms with E-state index in [1.54, 1.807) is 0 Å². The number of rotatable bonds is 2. The lowest BCUT2D eigenvalue weighted by Gasteiger charge is -2.15. The van der Waals surface area contributed by atoms with Crippen LogP contribution in [0.2, 0.25) is 0 Å². The second kappa shape index (κ2) is 7.40. The van der Waals surface area contributed by atoms with Crippen molar-refractivity contribution in [1.82, 2.24) is 0 Å². The average molecular weight is 438 g/mol. The molecule has 2 rings (SSSR count). The summed E-state index contributed by atoms with van der Waals surface area (Å²) in [6.45, 7) is 0. The van der Waals surface area contributed by atoms with Crippen LogP contribution in [0.1, 0.15) is 11.1 Å². The summed E-state index contributed by atoms with van der Waals surface area (Å²) >= 11 is 0. The summed E-state index contributed by atoms with van der Waals surface area (Å²) in [4.78, 5) is 11.7. The number of halogens is 11. The summed E-state index contributed by atoms with van der Waals surface area (Å²) in [7, 11) is 0. The van der Waals surface area contributed by atoms with E-state index in [0.717, 1.165) is 5.32 Å². The van der Waals surface area contributed by atoms with Crippen molar-refractivity contribution in [2.24, 2.45) is 0 Å². The maximum atomic E-state index is 13.5. The fourth-order valence-corrected chi connectivity index (χ4v) is 2.02. The molecule has 0 spiro atoms. The van der Waals surface area contributed by atoms with Crippen LogP contribution in [0.25, 0.3) is 0 Å². The molecular weight excluding hydrogens is 433 g/mol. The van der Waals surface area contributed by atoms with Crippen LogP contribution < -0.4 is 10.6 Å². The lowest BCUT2D eigenvalue weighted by molar-refractivity contribution is -0.143. The first-order valence-corrected chi connectivity index (χ1v) is 7.01. The Morgan fingerprint density at radius 2 is 1.00 bits per heavy atom. The molecule has 0 aliphatic rings. The van der Waals surface area contributed by atoms with Crippen LogP contribution in [-0.4, -0.2) is 6.03 Å². The van der Waals surface area contributed by atoms with Gasteiger partial charge in [-0.3, -0.25) is 0 Å². The number of benzene rings is 2. The van der Waals surface area contributed by atoms with E-state index in [0.29, 0.717) is 0 Å². The number of hydrogen-bond donors (Lipinski definition) is 2. The number of nitrogens with one attached hydrogen (secondary N) is 2. The van der Waals surface area contributed by atoms with Crippen molar-refractivity contribution in [3.8, 4) is 0 Å². The molecule has 2 aromatic carbocycles. The highest BCUT2D eigenvalue weighted by atomic mass is 19.4. The first-order chi connectivity index (χ1) is 13.1. The van der Waals surface area contributed by atoms with Gasteiger partial charge in [0.05, 0.1) is 11.1 Å². The van der Waals surface area contributed by atoms with Crippen LogP contribution in [-0.2, 0) is 12.4 Å². The molecule has 0 aliphatic carbocycles. The van der Waals surface area contributed by atoms with Crippen LogP contribution in [0.5, 0.6) is 0 Å². The van der Waals surface area contributed by atoms with E-state index < -0.39 is 70.0 Å². The first-order valence-electron chi connectivity index (χ1n) is 7.01. The number of alkyl halides is 6. The molecule has 0 unspecified atom stereocenters. The van der Waals surface area contributed by atoms with Crippen molar-refractivity contribution in [3.63, 3.8) is 0 Å². The summed E-state index contributed by atoms with van der Waals surface area (Å²) in [6, 6.07) is -2.01. The van der Waals surface area contributed by atoms with Gasteiger partial charge in [0, 0.05) is 5.69 Å². The zero-order chi connectivity index (χ0) is 22.3. The van der Waals surface area contributed by atoms with Crippen LogP contribution in [0, 0.1) is 29.1 Å². The highest BCUT2D eigenvalue weighted by Crippen LogP contribution is 2.37. The second-order valence-electron chi connectivity index (χ2n) is 5.32. The molecule has 3 nitrogen and oxygen atoms in total. The number of hydrogen-bond acceptors (Lipinski definition) is 1. The number of amides is 2. The molecule has 2 amide bonds. The Bertz CT molecular complexity index is 905. The Kier molecular flexibility index (Phi) is 5.68. The van der Waals surface area contributed by atoms with Crippen LogP contribution in [0.4, 0.5) is 64.5 Å². The fraction of sp³-hybridized carbons (Fsp3) is 0.133. The van der Waals surface area contributed by atoms with E-state index in [9.17, 15) is 53.1 Å². The molecule has 0 saturated heterocycles. The summed E-state index contributed by atoms with van der Waals surface area (Å²) in [6.07, 6.45) is -10.5. The van der Waals surface area contributed by atoms with Gasteiger partial charge in [-0.05, 0) is 18.2 Å². The monoisotopic (exact) mass is 438 g/mol. The van der Waals surface area contributed by atoms with Crippen molar-refractivity contribution in [2.45, 2.75) is 12.4 Å². The Balaban J connectivity index is 2.40. The summed E-state index contributed by atoms with van der Waals surface area (Å²) < 4.78 is 142. The van der Waals surface area contributed by atoms with Gasteiger partial charge in [0.25, 0.3) is 0 Å². The van der Waals surface area contributed by atoms with Crippen molar-refractivity contribution in [1.29, 1.82) is 0 Å². The van der Waals surface area contributed by atoms with Gasteiger partial charge in [0.1, 0.15) is 5.69 Å². The molecule has 158 valence electrons. The molecule has 0 saturated carbocycles. The third kappa shape index (κ3) is 4.68. The highest BCUT2D eigenvalue weighted by molar-refractivity contribution is 6.00. The van der Waals surface area contributed by atoms with E-state index in [1.807, 2.05) is 0 Å². The topological polar surface area (TPSA) is 41.1 Å². The molecule has 14 heteroatoms. The number of urea groups is 1. The van der Waals surface area contributed by atoms with Crippen molar-refractivity contribution < 1.29 is 53.1 Å². The number of anilines is 2. The molecule has 0 atom stereocenters. The lowest BCUT2D eigenvalue weighted by Crippen LogP contribution is -2.23. The predicted octanol–water partition coefficient (Wildman–Crippen LogP) is 6.06. The minimum Gasteiger partial charge on any atom is -0.308 e. The zero-order valence-electron chi connectivity index (χ0n) is 13.3. The van der Waals surface area contributed by atoms with Gasteiger partial charge in [0.2, 0.25) is 5.82 Å². The Labute approximate surface area is 153 Å². The maximum Gasteiger partial charge on any atom is 0.416 e. The standard InChI is InChI=1S/C15H5F11N2O/c16-7-8(17)10(19)12(11(20)9(7)18)28-13(29)27-6-2-4(14(21,22)23)1-5(3-6)15(24,25)26/h1-3H,(H2,27,28,29). The zero-order valence-corrected chi connectivity index (χ0v) is 13.3. The molecule has 0 aliphatic heterocycles. The summed E-state index contributed by atoms with van der Waals surface area (Å²) in [5.41, 5.74) is -6.62. The van der Waals surface area contributed by atoms with E-state index >= 15 is 0 Å². The third-order valence-electron chi connectivity index (χ3n) is 3.29. The smallest absolute Gasteiger partial charge is 0.308 e. The number of carbonyl (C=O) groups excluding carboxylic acids is 1. The van der Waals surface area contributed by atoms with E-state index in [-0.39, 0.29) is 18.2 Å².